The van der Waals surface area contributed by atoms with Crippen LogP contribution in [0.4, 0.5) is 11.4 Å². The van der Waals surface area contributed by atoms with Crippen molar-refractivity contribution in [1.82, 2.24) is 9.88 Å². The van der Waals surface area contributed by atoms with E-state index in [1.165, 1.54) is 0 Å². The molecule has 2 heterocycles. The van der Waals surface area contributed by atoms with Gasteiger partial charge < -0.3 is 10.2 Å². The molecular weight excluding hydrogens is 334 g/mol. The summed E-state index contributed by atoms with van der Waals surface area (Å²) in [6, 6.07) is 18.0. The molecule has 4 nitrogen and oxygen atoms in total. The molecule has 1 amide bonds. The quantitative estimate of drug-likeness (QED) is 0.702. The Labute approximate surface area is 160 Å². The van der Waals surface area contributed by atoms with Crippen LogP contribution in [0.25, 0.3) is 10.9 Å². The van der Waals surface area contributed by atoms with E-state index in [0.29, 0.717) is 11.6 Å². The van der Waals surface area contributed by atoms with Crippen molar-refractivity contribution >= 4 is 28.2 Å². The summed E-state index contributed by atoms with van der Waals surface area (Å²) in [6.45, 7) is 5.96. The second-order valence-corrected chi connectivity index (χ2v) is 7.49. The SMILES string of the molecule is Cc1ccccc1Nc1cc(C(=O)N2CCC(C)CC2)nc2ccccc12. The van der Waals surface area contributed by atoms with Crippen molar-refractivity contribution in [3.05, 3.63) is 65.9 Å². The zero-order chi connectivity index (χ0) is 18.8. The van der Waals surface area contributed by atoms with Crippen LogP contribution < -0.4 is 5.32 Å². The van der Waals surface area contributed by atoms with E-state index in [1.807, 2.05) is 47.4 Å². The summed E-state index contributed by atoms with van der Waals surface area (Å²) in [4.78, 5) is 19.7. The van der Waals surface area contributed by atoms with Gasteiger partial charge in [0.2, 0.25) is 0 Å². The van der Waals surface area contributed by atoms with Crippen LogP contribution in [-0.4, -0.2) is 28.9 Å². The lowest BCUT2D eigenvalue weighted by Gasteiger charge is -2.30. The number of pyridine rings is 1. The minimum absolute atomic E-state index is 0.0282. The molecule has 1 saturated heterocycles. The number of anilines is 2. The van der Waals surface area contributed by atoms with Gasteiger partial charge >= 0.3 is 0 Å². The summed E-state index contributed by atoms with van der Waals surface area (Å²) in [6.07, 6.45) is 2.13. The topological polar surface area (TPSA) is 45.2 Å². The van der Waals surface area contributed by atoms with Crippen molar-refractivity contribution in [3.63, 3.8) is 0 Å². The average molecular weight is 359 g/mol. The van der Waals surface area contributed by atoms with E-state index in [0.717, 1.165) is 53.8 Å². The summed E-state index contributed by atoms with van der Waals surface area (Å²) < 4.78 is 0. The summed E-state index contributed by atoms with van der Waals surface area (Å²) in [5, 5.41) is 4.53. The van der Waals surface area contributed by atoms with Crippen LogP contribution in [-0.2, 0) is 0 Å². The molecule has 1 fully saturated rings. The molecule has 1 N–H and O–H groups in total. The second kappa shape index (κ2) is 7.39. The third kappa shape index (κ3) is 3.65. The largest absolute Gasteiger partial charge is 0.355 e. The molecule has 27 heavy (non-hydrogen) atoms. The molecule has 2 aromatic carbocycles. The van der Waals surface area contributed by atoms with Crippen LogP contribution >= 0.6 is 0 Å². The highest BCUT2D eigenvalue weighted by Gasteiger charge is 2.23. The van der Waals surface area contributed by atoms with E-state index in [-0.39, 0.29) is 5.91 Å². The lowest BCUT2D eigenvalue weighted by atomic mass is 9.99. The Morgan fingerprint density at radius 1 is 1.04 bits per heavy atom. The molecule has 0 saturated carbocycles. The van der Waals surface area contributed by atoms with Gasteiger partial charge in [-0.2, -0.15) is 0 Å². The van der Waals surface area contributed by atoms with Gasteiger partial charge in [-0.15, -0.1) is 0 Å². The van der Waals surface area contributed by atoms with Gasteiger partial charge in [-0.05, 0) is 49.4 Å². The molecule has 3 aromatic rings. The molecule has 138 valence electrons. The van der Waals surface area contributed by atoms with Crippen LogP contribution in [0.15, 0.2) is 54.6 Å². The van der Waals surface area contributed by atoms with E-state index < -0.39 is 0 Å². The maximum atomic E-state index is 13.1. The number of nitrogens with zero attached hydrogens (tertiary/aromatic N) is 2. The number of carbonyl (C=O) groups is 1. The van der Waals surface area contributed by atoms with E-state index in [2.05, 4.69) is 36.3 Å². The Morgan fingerprint density at radius 3 is 2.52 bits per heavy atom. The Hall–Kier alpha value is -2.88. The van der Waals surface area contributed by atoms with Crippen LogP contribution in [0.5, 0.6) is 0 Å². The number of hydrogen-bond donors (Lipinski definition) is 1. The third-order valence-corrected chi connectivity index (χ3v) is 5.42. The van der Waals surface area contributed by atoms with E-state index >= 15 is 0 Å². The first-order chi connectivity index (χ1) is 13.1. The first-order valence-corrected chi connectivity index (χ1v) is 9.63. The number of nitrogens with one attached hydrogen (secondary N) is 1. The minimum atomic E-state index is 0.0282. The summed E-state index contributed by atoms with van der Waals surface area (Å²) in [5.74, 6) is 0.720. The highest BCUT2D eigenvalue weighted by Crippen LogP contribution is 2.29. The second-order valence-electron chi connectivity index (χ2n) is 7.49. The number of hydrogen-bond acceptors (Lipinski definition) is 3. The van der Waals surface area contributed by atoms with Gasteiger partial charge in [-0.25, -0.2) is 4.98 Å². The van der Waals surface area contributed by atoms with Gasteiger partial charge in [0.15, 0.2) is 0 Å². The number of aromatic nitrogens is 1. The van der Waals surface area contributed by atoms with Gasteiger partial charge in [0.25, 0.3) is 5.91 Å². The summed E-state index contributed by atoms with van der Waals surface area (Å²) in [5.41, 5.74) is 4.48. The lowest BCUT2D eigenvalue weighted by Crippen LogP contribution is -2.38. The van der Waals surface area contributed by atoms with Gasteiger partial charge in [0, 0.05) is 24.2 Å². The number of carbonyl (C=O) groups excluding carboxylic acids is 1. The molecular formula is C23H25N3O. The highest BCUT2D eigenvalue weighted by molar-refractivity contribution is 6.00. The average Bonchev–Trinajstić information content (AvgIpc) is 2.69. The van der Waals surface area contributed by atoms with Crippen molar-refractivity contribution in [2.75, 3.05) is 18.4 Å². The highest BCUT2D eigenvalue weighted by atomic mass is 16.2. The van der Waals surface area contributed by atoms with E-state index in [4.69, 9.17) is 0 Å². The van der Waals surface area contributed by atoms with E-state index in [1.54, 1.807) is 0 Å². The predicted molar refractivity (Wildman–Crippen MR) is 111 cm³/mol. The van der Waals surface area contributed by atoms with Gasteiger partial charge in [0.05, 0.1) is 11.2 Å². The van der Waals surface area contributed by atoms with Gasteiger partial charge in [-0.3, -0.25) is 4.79 Å². The van der Waals surface area contributed by atoms with Crippen molar-refractivity contribution < 1.29 is 4.79 Å². The molecule has 1 aliphatic heterocycles. The van der Waals surface area contributed by atoms with Crippen molar-refractivity contribution in [3.8, 4) is 0 Å². The molecule has 1 aliphatic rings. The Bertz CT molecular complexity index is 974. The monoisotopic (exact) mass is 359 g/mol. The number of fused-ring (bicyclic) bond motifs is 1. The molecule has 0 bridgehead atoms. The molecule has 0 radical (unpaired) electrons. The minimum Gasteiger partial charge on any atom is -0.355 e. The molecule has 4 heteroatoms. The fourth-order valence-electron chi connectivity index (χ4n) is 3.62. The Balaban J connectivity index is 1.72. The Morgan fingerprint density at radius 2 is 1.74 bits per heavy atom. The predicted octanol–water partition coefficient (Wildman–Crippen LogP) is 5.16. The molecule has 0 unspecified atom stereocenters. The van der Waals surface area contributed by atoms with Crippen LogP contribution in [0.2, 0.25) is 0 Å². The number of piperidine rings is 1. The molecule has 4 rings (SSSR count). The first kappa shape index (κ1) is 17.5. The zero-order valence-electron chi connectivity index (χ0n) is 15.9. The third-order valence-electron chi connectivity index (χ3n) is 5.42. The van der Waals surface area contributed by atoms with Crippen molar-refractivity contribution in [1.29, 1.82) is 0 Å². The fraction of sp³-hybridized carbons (Fsp3) is 0.304. The van der Waals surface area contributed by atoms with Crippen LogP contribution in [0, 0.1) is 12.8 Å². The van der Waals surface area contributed by atoms with Crippen molar-refractivity contribution in [2.45, 2.75) is 26.7 Å². The number of aryl methyl sites for hydroxylation is 1. The molecule has 0 atom stereocenters. The maximum Gasteiger partial charge on any atom is 0.272 e. The summed E-state index contributed by atoms with van der Waals surface area (Å²) in [7, 11) is 0. The molecule has 0 aliphatic carbocycles. The number of amides is 1. The zero-order valence-corrected chi connectivity index (χ0v) is 15.9. The van der Waals surface area contributed by atoms with Crippen molar-refractivity contribution in [2.24, 2.45) is 5.92 Å². The standard InChI is InChI=1S/C23H25N3O/c1-16-11-13-26(14-12-16)23(27)22-15-21(18-8-4-6-10-20(18)25-22)24-19-9-5-3-7-17(19)2/h3-10,15-16H,11-14H2,1-2H3,(H,24,25). The maximum absolute atomic E-state index is 13.1. The molecule has 0 spiro atoms. The lowest BCUT2D eigenvalue weighted by molar-refractivity contribution is 0.0692. The number of para-hydroxylation sites is 2. The van der Waals surface area contributed by atoms with Gasteiger partial charge in [-0.1, -0.05) is 43.3 Å². The first-order valence-electron chi connectivity index (χ1n) is 9.63. The smallest absolute Gasteiger partial charge is 0.272 e. The van der Waals surface area contributed by atoms with Crippen LogP contribution in [0.1, 0.15) is 35.8 Å². The normalized spacial score (nSPS) is 15.1. The van der Waals surface area contributed by atoms with Gasteiger partial charge in [0.1, 0.15) is 5.69 Å². The summed E-state index contributed by atoms with van der Waals surface area (Å²) >= 11 is 0. The number of rotatable bonds is 3. The van der Waals surface area contributed by atoms with E-state index in [9.17, 15) is 4.79 Å². The molecule has 1 aromatic heterocycles. The number of benzene rings is 2. The Kier molecular flexibility index (Phi) is 4.80. The number of likely N-dealkylation sites (tertiary alicyclic amines) is 1. The van der Waals surface area contributed by atoms with Crippen LogP contribution in [0.3, 0.4) is 0 Å². The fourth-order valence-corrected chi connectivity index (χ4v) is 3.62.